The number of hydrogen-bond donors (Lipinski definition) is 1. The summed E-state index contributed by atoms with van der Waals surface area (Å²) in [7, 11) is 2.15. The third-order valence-corrected chi connectivity index (χ3v) is 4.12. The van der Waals surface area contributed by atoms with Gasteiger partial charge in [-0.3, -0.25) is 0 Å². The van der Waals surface area contributed by atoms with Gasteiger partial charge in [0.25, 0.3) is 0 Å². The Hall–Kier alpha value is -2.85. The maximum absolute atomic E-state index is 9.04. The Bertz CT molecular complexity index is 690. The number of piperazine rings is 1. The molecule has 0 amide bonds. The van der Waals surface area contributed by atoms with E-state index < -0.39 is 0 Å². The summed E-state index contributed by atoms with van der Waals surface area (Å²) in [5.41, 5.74) is 1.68. The first-order valence-electron chi connectivity index (χ1n) is 7.87. The summed E-state index contributed by atoms with van der Waals surface area (Å²) in [5, 5.41) is 29.5. The minimum atomic E-state index is -0.211. The number of nitrogens with one attached hydrogen (secondary N) is 1. The van der Waals surface area contributed by atoms with E-state index in [-0.39, 0.29) is 11.3 Å². The van der Waals surface area contributed by atoms with Crippen molar-refractivity contribution in [3.8, 4) is 18.2 Å². The number of likely N-dealkylation sites (N-methyl/N-ethyl adjacent to an activating group) is 1. The number of allylic oxidation sites excluding steroid dienone is 2. The van der Waals surface area contributed by atoms with Crippen molar-refractivity contribution in [2.75, 3.05) is 45.1 Å². The maximum atomic E-state index is 9.04. The molecule has 122 valence electrons. The molecule has 1 aliphatic heterocycles. The first-order chi connectivity index (χ1) is 11.7. The highest BCUT2D eigenvalue weighted by Crippen LogP contribution is 2.14. The van der Waals surface area contributed by atoms with E-state index in [1.807, 2.05) is 30.3 Å². The SMILES string of the molecule is CN1CCN(CCc2ccc(NC(C#N)=C(C#N)C#N)cc2)CC1. The zero-order valence-corrected chi connectivity index (χ0v) is 13.8. The number of benzene rings is 1. The van der Waals surface area contributed by atoms with Crippen molar-refractivity contribution in [3.05, 3.63) is 41.1 Å². The summed E-state index contributed by atoms with van der Waals surface area (Å²) >= 11 is 0. The van der Waals surface area contributed by atoms with Crippen LogP contribution in [0.4, 0.5) is 5.69 Å². The molecule has 6 nitrogen and oxygen atoms in total. The van der Waals surface area contributed by atoms with Crippen molar-refractivity contribution in [3.63, 3.8) is 0 Å². The van der Waals surface area contributed by atoms with Crippen LogP contribution in [0.5, 0.6) is 0 Å². The molecule has 1 aliphatic rings. The van der Waals surface area contributed by atoms with Gasteiger partial charge in [0, 0.05) is 38.4 Å². The first-order valence-corrected chi connectivity index (χ1v) is 7.87. The normalized spacial score (nSPS) is 14.9. The van der Waals surface area contributed by atoms with Crippen molar-refractivity contribution in [2.24, 2.45) is 0 Å². The second-order valence-corrected chi connectivity index (χ2v) is 5.80. The van der Waals surface area contributed by atoms with Crippen LogP contribution in [-0.2, 0) is 6.42 Å². The van der Waals surface area contributed by atoms with Crippen LogP contribution in [0.25, 0.3) is 0 Å². The number of nitrogens with zero attached hydrogens (tertiary/aromatic N) is 5. The fourth-order valence-electron chi connectivity index (χ4n) is 2.54. The molecule has 0 radical (unpaired) electrons. The monoisotopic (exact) mass is 320 g/mol. The molecule has 0 unspecified atom stereocenters. The largest absolute Gasteiger partial charge is 0.345 e. The number of rotatable bonds is 5. The average Bonchev–Trinajstić information content (AvgIpc) is 2.62. The number of anilines is 1. The Morgan fingerprint density at radius 3 is 2.17 bits per heavy atom. The second kappa shape index (κ2) is 8.70. The van der Waals surface area contributed by atoms with Crippen LogP contribution >= 0.6 is 0 Å². The Morgan fingerprint density at radius 1 is 1.00 bits per heavy atom. The minimum Gasteiger partial charge on any atom is -0.345 e. The van der Waals surface area contributed by atoms with Crippen molar-refractivity contribution in [2.45, 2.75) is 6.42 Å². The highest BCUT2D eigenvalue weighted by molar-refractivity contribution is 5.58. The molecule has 1 aromatic rings. The number of nitriles is 3. The molecule has 1 N–H and O–H groups in total. The van der Waals surface area contributed by atoms with Crippen molar-refractivity contribution >= 4 is 5.69 Å². The quantitative estimate of drug-likeness (QED) is 0.831. The summed E-state index contributed by atoms with van der Waals surface area (Å²) < 4.78 is 0. The molecule has 0 atom stereocenters. The highest BCUT2D eigenvalue weighted by atomic mass is 15.2. The van der Waals surface area contributed by atoms with Crippen molar-refractivity contribution < 1.29 is 0 Å². The molecule has 24 heavy (non-hydrogen) atoms. The van der Waals surface area contributed by atoms with Crippen LogP contribution in [0.1, 0.15) is 5.56 Å². The Labute approximate surface area is 142 Å². The lowest BCUT2D eigenvalue weighted by molar-refractivity contribution is 0.155. The molecule has 1 aromatic carbocycles. The van der Waals surface area contributed by atoms with E-state index in [9.17, 15) is 0 Å². The van der Waals surface area contributed by atoms with Crippen molar-refractivity contribution in [1.29, 1.82) is 15.8 Å². The summed E-state index contributed by atoms with van der Waals surface area (Å²) in [6, 6.07) is 13.0. The third-order valence-electron chi connectivity index (χ3n) is 4.12. The molecule has 0 saturated carbocycles. The van der Waals surface area contributed by atoms with Crippen LogP contribution in [-0.4, -0.2) is 49.6 Å². The highest BCUT2D eigenvalue weighted by Gasteiger charge is 2.13. The zero-order valence-electron chi connectivity index (χ0n) is 13.8. The molecular formula is C18H20N6. The van der Waals surface area contributed by atoms with Crippen LogP contribution in [0.3, 0.4) is 0 Å². The van der Waals surface area contributed by atoms with E-state index in [2.05, 4.69) is 22.2 Å². The van der Waals surface area contributed by atoms with E-state index >= 15 is 0 Å². The van der Waals surface area contributed by atoms with Gasteiger partial charge in [-0.2, -0.15) is 15.8 Å². The molecule has 0 spiro atoms. The summed E-state index contributed by atoms with van der Waals surface area (Å²) in [6.07, 6.45) is 0.979. The van der Waals surface area contributed by atoms with E-state index in [1.165, 1.54) is 5.56 Å². The van der Waals surface area contributed by atoms with E-state index in [0.717, 1.165) is 39.1 Å². The maximum Gasteiger partial charge on any atom is 0.163 e. The van der Waals surface area contributed by atoms with Gasteiger partial charge in [-0.25, -0.2) is 0 Å². The lowest BCUT2D eigenvalue weighted by Crippen LogP contribution is -2.45. The summed E-state index contributed by atoms with van der Waals surface area (Å²) in [5.74, 6) is 0. The molecule has 1 saturated heterocycles. The van der Waals surface area contributed by atoms with Gasteiger partial charge in [-0.1, -0.05) is 12.1 Å². The van der Waals surface area contributed by atoms with E-state index in [0.29, 0.717) is 5.69 Å². The Morgan fingerprint density at radius 2 is 1.62 bits per heavy atom. The van der Waals surface area contributed by atoms with Gasteiger partial charge in [0.05, 0.1) is 0 Å². The van der Waals surface area contributed by atoms with Gasteiger partial charge in [-0.05, 0) is 31.2 Å². The third kappa shape index (κ3) is 4.83. The summed E-state index contributed by atoms with van der Waals surface area (Å²) in [6.45, 7) is 5.49. The molecule has 0 aliphatic carbocycles. The molecule has 0 aromatic heterocycles. The van der Waals surface area contributed by atoms with Gasteiger partial charge >= 0.3 is 0 Å². The standard InChI is InChI=1S/C18H20N6/c1-23-8-10-24(11-9-23)7-6-15-2-4-17(5-3-15)22-18(14-21)16(12-19)13-20/h2-5,22H,6-11H2,1H3. The lowest BCUT2D eigenvalue weighted by atomic mass is 10.1. The van der Waals surface area contributed by atoms with Gasteiger partial charge in [0.1, 0.15) is 23.9 Å². The topological polar surface area (TPSA) is 89.9 Å². The molecule has 1 fully saturated rings. The van der Waals surface area contributed by atoms with Gasteiger partial charge < -0.3 is 15.1 Å². The fraction of sp³-hybridized carbons (Fsp3) is 0.389. The average molecular weight is 320 g/mol. The Kier molecular flexibility index (Phi) is 6.34. The predicted octanol–water partition coefficient (Wildman–Crippen LogP) is 1.71. The molecular weight excluding hydrogens is 300 g/mol. The smallest absolute Gasteiger partial charge is 0.163 e. The first kappa shape index (κ1) is 17.5. The lowest BCUT2D eigenvalue weighted by Gasteiger charge is -2.32. The predicted molar refractivity (Wildman–Crippen MR) is 91.6 cm³/mol. The number of hydrogen-bond acceptors (Lipinski definition) is 6. The molecule has 2 rings (SSSR count). The van der Waals surface area contributed by atoms with Crippen LogP contribution in [0.2, 0.25) is 0 Å². The molecule has 1 heterocycles. The van der Waals surface area contributed by atoms with E-state index in [1.54, 1.807) is 12.1 Å². The zero-order chi connectivity index (χ0) is 17.4. The molecule has 0 bridgehead atoms. The van der Waals surface area contributed by atoms with Crippen LogP contribution < -0.4 is 5.32 Å². The Balaban J connectivity index is 1.92. The second-order valence-electron chi connectivity index (χ2n) is 5.80. The van der Waals surface area contributed by atoms with Gasteiger partial charge in [-0.15, -0.1) is 0 Å². The van der Waals surface area contributed by atoms with Gasteiger partial charge in [0.15, 0.2) is 5.57 Å². The van der Waals surface area contributed by atoms with Crippen molar-refractivity contribution in [1.82, 2.24) is 9.80 Å². The van der Waals surface area contributed by atoms with Gasteiger partial charge in [0.2, 0.25) is 0 Å². The fourth-order valence-corrected chi connectivity index (χ4v) is 2.54. The van der Waals surface area contributed by atoms with Crippen LogP contribution in [0.15, 0.2) is 35.5 Å². The molecule has 6 heteroatoms. The minimum absolute atomic E-state index is 0.0230. The van der Waals surface area contributed by atoms with E-state index in [4.69, 9.17) is 15.8 Å². The van der Waals surface area contributed by atoms with Crippen LogP contribution in [0, 0.1) is 34.0 Å². The summed E-state index contributed by atoms with van der Waals surface area (Å²) in [4.78, 5) is 4.81.